The Bertz CT molecular complexity index is 428. The van der Waals surface area contributed by atoms with E-state index in [1.807, 2.05) is 13.0 Å². The molecule has 5 nitrogen and oxygen atoms in total. The molecule has 0 bridgehead atoms. The third-order valence-electron chi connectivity index (χ3n) is 3.10. The molecule has 0 spiro atoms. The number of hydrogen-bond donors (Lipinski definition) is 0. The molecule has 0 aliphatic carbocycles. The lowest BCUT2D eigenvalue weighted by Crippen LogP contribution is -2.53. The minimum Gasteiger partial charge on any atom is -0.496 e. The first kappa shape index (κ1) is 12.7. The van der Waals surface area contributed by atoms with E-state index >= 15 is 0 Å². The SMILES string of the molecule is COc1cc[n+](OC(=O)N2CCCCC2)c(C)c1. The van der Waals surface area contributed by atoms with Crippen LogP contribution in [0.3, 0.4) is 0 Å². The van der Waals surface area contributed by atoms with E-state index in [1.165, 1.54) is 11.2 Å². The van der Waals surface area contributed by atoms with Crippen LogP contribution in [0.4, 0.5) is 4.79 Å². The molecule has 0 aromatic carbocycles. The van der Waals surface area contributed by atoms with Crippen LogP contribution < -0.4 is 14.3 Å². The zero-order chi connectivity index (χ0) is 13.0. The Morgan fingerprint density at radius 2 is 2.06 bits per heavy atom. The van der Waals surface area contributed by atoms with E-state index in [4.69, 9.17) is 9.57 Å². The summed E-state index contributed by atoms with van der Waals surface area (Å²) >= 11 is 0. The van der Waals surface area contributed by atoms with Crippen molar-refractivity contribution in [3.8, 4) is 5.75 Å². The van der Waals surface area contributed by atoms with Gasteiger partial charge >= 0.3 is 6.09 Å². The van der Waals surface area contributed by atoms with Crippen LogP contribution in [0.1, 0.15) is 25.0 Å². The number of amides is 1. The topological polar surface area (TPSA) is 42.6 Å². The zero-order valence-electron chi connectivity index (χ0n) is 10.9. The molecular weight excluding hydrogens is 232 g/mol. The summed E-state index contributed by atoms with van der Waals surface area (Å²) in [4.78, 5) is 19.0. The summed E-state index contributed by atoms with van der Waals surface area (Å²) < 4.78 is 6.58. The van der Waals surface area contributed by atoms with Gasteiger partial charge in [-0.1, -0.05) is 0 Å². The number of nitrogens with zero attached hydrogens (tertiary/aromatic N) is 2. The monoisotopic (exact) mass is 251 g/mol. The number of carbonyl (C=O) groups is 1. The molecular formula is C13H19N2O3+. The quantitative estimate of drug-likeness (QED) is 0.745. The first-order valence-electron chi connectivity index (χ1n) is 6.24. The van der Waals surface area contributed by atoms with Crippen LogP contribution in [0.5, 0.6) is 5.75 Å². The van der Waals surface area contributed by atoms with Gasteiger partial charge in [-0.15, -0.1) is 0 Å². The summed E-state index contributed by atoms with van der Waals surface area (Å²) in [7, 11) is 1.61. The molecule has 1 amide bonds. The Balaban J connectivity index is 2.02. The van der Waals surface area contributed by atoms with Gasteiger partial charge in [0.15, 0.2) is 0 Å². The van der Waals surface area contributed by atoms with Gasteiger partial charge in [-0.05, 0) is 19.3 Å². The Morgan fingerprint density at radius 3 is 2.67 bits per heavy atom. The number of carbonyl (C=O) groups excluding carboxylic acids is 1. The van der Waals surface area contributed by atoms with Gasteiger partial charge in [-0.2, -0.15) is 4.84 Å². The van der Waals surface area contributed by atoms with Crippen LogP contribution >= 0.6 is 0 Å². The molecule has 0 N–H and O–H groups in total. The zero-order valence-corrected chi connectivity index (χ0v) is 10.9. The molecule has 0 atom stereocenters. The van der Waals surface area contributed by atoms with Crippen molar-refractivity contribution in [1.82, 2.24) is 4.90 Å². The van der Waals surface area contributed by atoms with Gasteiger partial charge in [0.2, 0.25) is 11.9 Å². The fourth-order valence-electron chi connectivity index (χ4n) is 2.02. The van der Waals surface area contributed by atoms with Crippen molar-refractivity contribution in [1.29, 1.82) is 0 Å². The van der Waals surface area contributed by atoms with Gasteiger partial charge in [0.05, 0.1) is 13.2 Å². The maximum absolute atomic E-state index is 11.9. The highest BCUT2D eigenvalue weighted by Gasteiger charge is 2.23. The number of rotatable bonds is 2. The Labute approximate surface area is 107 Å². The molecule has 0 unspecified atom stereocenters. The van der Waals surface area contributed by atoms with Gasteiger partial charge in [0.1, 0.15) is 5.75 Å². The highest BCUT2D eigenvalue weighted by atomic mass is 16.7. The van der Waals surface area contributed by atoms with E-state index in [1.54, 1.807) is 24.3 Å². The number of aromatic nitrogens is 1. The normalized spacial score (nSPS) is 15.3. The maximum atomic E-state index is 11.9. The van der Waals surface area contributed by atoms with Crippen LogP contribution in [-0.2, 0) is 0 Å². The summed E-state index contributed by atoms with van der Waals surface area (Å²) in [5.41, 5.74) is 0.819. The third-order valence-corrected chi connectivity index (χ3v) is 3.10. The second kappa shape index (κ2) is 5.71. The molecule has 98 valence electrons. The van der Waals surface area contributed by atoms with E-state index < -0.39 is 0 Å². The first-order chi connectivity index (χ1) is 8.70. The van der Waals surface area contributed by atoms with Crippen LogP contribution in [0, 0.1) is 6.92 Å². The van der Waals surface area contributed by atoms with Crippen LogP contribution in [0.15, 0.2) is 18.3 Å². The Hall–Kier alpha value is -1.78. The van der Waals surface area contributed by atoms with Crippen LogP contribution in [0.25, 0.3) is 0 Å². The van der Waals surface area contributed by atoms with Gasteiger partial charge < -0.3 is 9.64 Å². The van der Waals surface area contributed by atoms with E-state index in [2.05, 4.69) is 0 Å². The lowest BCUT2D eigenvalue weighted by molar-refractivity contribution is -0.873. The third kappa shape index (κ3) is 2.91. The summed E-state index contributed by atoms with van der Waals surface area (Å²) in [5, 5.41) is 0. The molecule has 2 heterocycles. The molecule has 1 aliphatic heterocycles. The predicted octanol–water partition coefficient (Wildman–Crippen LogP) is 1.33. The number of hydrogen-bond acceptors (Lipinski definition) is 3. The molecule has 0 radical (unpaired) electrons. The fourth-order valence-corrected chi connectivity index (χ4v) is 2.02. The molecule has 1 aromatic heterocycles. The maximum Gasteiger partial charge on any atom is 0.478 e. The van der Waals surface area contributed by atoms with Crippen molar-refractivity contribution in [2.45, 2.75) is 26.2 Å². The van der Waals surface area contributed by atoms with E-state index in [0.29, 0.717) is 0 Å². The van der Waals surface area contributed by atoms with E-state index in [-0.39, 0.29) is 6.09 Å². The smallest absolute Gasteiger partial charge is 0.478 e. The largest absolute Gasteiger partial charge is 0.496 e. The average Bonchev–Trinajstić information content (AvgIpc) is 2.42. The number of aryl methyl sites for hydroxylation is 1. The van der Waals surface area contributed by atoms with Gasteiger partial charge in [-0.25, -0.2) is 4.79 Å². The summed E-state index contributed by atoms with van der Waals surface area (Å²) in [6.45, 7) is 3.44. The molecule has 2 rings (SSSR count). The van der Waals surface area contributed by atoms with Gasteiger partial charge in [0, 0.05) is 30.8 Å². The minimum absolute atomic E-state index is 0.284. The number of likely N-dealkylation sites (tertiary alicyclic amines) is 1. The Kier molecular flexibility index (Phi) is 4.02. The predicted molar refractivity (Wildman–Crippen MR) is 65.3 cm³/mol. The molecule has 1 aromatic rings. The summed E-state index contributed by atoms with van der Waals surface area (Å²) in [6.07, 6.45) is 4.71. The lowest BCUT2D eigenvalue weighted by atomic mass is 10.1. The highest BCUT2D eigenvalue weighted by molar-refractivity contribution is 5.67. The molecule has 5 heteroatoms. The van der Waals surface area contributed by atoms with Gasteiger partial charge in [-0.3, -0.25) is 0 Å². The molecule has 0 saturated carbocycles. The fraction of sp³-hybridized carbons (Fsp3) is 0.538. The number of methoxy groups -OCH3 is 1. The van der Waals surface area contributed by atoms with Crippen LogP contribution in [0.2, 0.25) is 0 Å². The van der Waals surface area contributed by atoms with E-state index in [0.717, 1.165) is 37.4 Å². The average molecular weight is 251 g/mol. The molecule has 18 heavy (non-hydrogen) atoms. The number of piperidine rings is 1. The molecule has 1 aliphatic rings. The highest BCUT2D eigenvalue weighted by Crippen LogP contribution is 2.09. The second-order valence-electron chi connectivity index (χ2n) is 4.44. The van der Waals surface area contributed by atoms with Crippen LogP contribution in [-0.4, -0.2) is 31.2 Å². The number of pyridine rings is 1. The van der Waals surface area contributed by atoms with Crippen molar-refractivity contribution >= 4 is 6.09 Å². The standard InChI is InChI=1S/C13H19N2O3/c1-11-10-12(17-2)6-9-15(11)18-13(16)14-7-4-3-5-8-14/h6,9-10H,3-5,7-8H2,1-2H3/q+1. The minimum atomic E-state index is -0.284. The van der Waals surface area contributed by atoms with Crippen molar-refractivity contribution in [2.24, 2.45) is 0 Å². The van der Waals surface area contributed by atoms with Crippen molar-refractivity contribution in [3.05, 3.63) is 24.0 Å². The molecule has 1 saturated heterocycles. The van der Waals surface area contributed by atoms with E-state index in [9.17, 15) is 4.79 Å². The second-order valence-corrected chi connectivity index (χ2v) is 4.44. The Morgan fingerprint density at radius 1 is 1.33 bits per heavy atom. The summed E-state index contributed by atoms with van der Waals surface area (Å²) in [6, 6.07) is 3.58. The first-order valence-corrected chi connectivity index (χ1v) is 6.24. The number of ether oxygens (including phenoxy) is 1. The van der Waals surface area contributed by atoms with Crippen molar-refractivity contribution < 1.29 is 19.1 Å². The molecule has 1 fully saturated rings. The van der Waals surface area contributed by atoms with Gasteiger partial charge in [0.25, 0.3) is 0 Å². The van der Waals surface area contributed by atoms with Crippen molar-refractivity contribution in [3.63, 3.8) is 0 Å². The lowest BCUT2D eigenvalue weighted by Gasteiger charge is -2.23. The van der Waals surface area contributed by atoms with Crippen molar-refractivity contribution in [2.75, 3.05) is 20.2 Å². The summed E-state index contributed by atoms with van der Waals surface area (Å²) in [5.74, 6) is 0.748.